The molecule has 1 aromatic carbocycles. The molecule has 31 heavy (non-hydrogen) atoms. The van der Waals surface area contributed by atoms with E-state index < -0.39 is 47.8 Å². The minimum Gasteiger partial charge on any atom is -0.455 e. The third kappa shape index (κ3) is 5.89. The fourth-order valence-electron chi connectivity index (χ4n) is 3.12. The van der Waals surface area contributed by atoms with Crippen molar-refractivity contribution in [1.29, 1.82) is 0 Å². The molecule has 0 saturated carbocycles. The number of nitrogens with zero attached hydrogens (tertiary/aromatic N) is 2. The lowest BCUT2D eigenvalue weighted by Gasteiger charge is -2.31. The van der Waals surface area contributed by atoms with Crippen molar-refractivity contribution in [3.63, 3.8) is 0 Å². The number of benzene rings is 1. The van der Waals surface area contributed by atoms with E-state index in [2.05, 4.69) is 10.3 Å². The zero-order chi connectivity index (χ0) is 22.6. The summed E-state index contributed by atoms with van der Waals surface area (Å²) in [7, 11) is 0. The quantitative estimate of drug-likeness (QED) is 0.563. The number of nitrogens with one attached hydrogen (secondary N) is 1. The van der Waals surface area contributed by atoms with Gasteiger partial charge in [0.05, 0.1) is 17.2 Å². The number of aromatic nitrogens is 1. The van der Waals surface area contributed by atoms with E-state index in [-0.39, 0.29) is 5.69 Å². The minimum absolute atomic E-state index is 0.236. The van der Waals surface area contributed by atoms with Gasteiger partial charge in [0.1, 0.15) is 17.5 Å². The Kier molecular flexibility index (Phi) is 6.71. The summed E-state index contributed by atoms with van der Waals surface area (Å²) in [5, 5.41) is 2.18. The van der Waals surface area contributed by atoms with Gasteiger partial charge in [0.2, 0.25) is 0 Å². The van der Waals surface area contributed by atoms with Crippen LogP contribution in [0.25, 0.3) is 0 Å². The summed E-state index contributed by atoms with van der Waals surface area (Å²) in [4.78, 5) is 29.6. The third-order valence-electron chi connectivity index (χ3n) is 4.78. The number of rotatable bonds is 5. The molecule has 2 heterocycles. The van der Waals surface area contributed by atoms with Crippen molar-refractivity contribution in [2.45, 2.75) is 19.0 Å². The topological polar surface area (TPSA) is 71.5 Å². The predicted octanol–water partition coefficient (Wildman–Crippen LogP) is 3.78. The highest BCUT2D eigenvalue weighted by Gasteiger charge is 2.31. The molecular formula is C20H18F5N3O3. The summed E-state index contributed by atoms with van der Waals surface area (Å²) >= 11 is 0. The number of ether oxygens (including phenoxy) is 1. The van der Waals surface area contributed by atoms with Crippen molar-refractivity contribution < 1.29 is 36.3 Å². The van der Waals surface area contributed by atoms with E-state index in [0.29, 0.717) is 37.8 Å². The Bertz CT molecular complexity index is 942. The van der Waals surface area contributed by atoms with Gasteiger partial charge in [-0.1, -0.05) is 0 Å². The van der Waals surface area contributed by atoms with Gasteiger partial charge in [0.25, 0.3) is 5.91 Å². The number of halogens is 5. The monoisotopic (exact) mass is 443 g/mol. The zero-order valence-electron chi connectivity index (χ0n) is 16.1. The van der Waals surface area contributed by atoms with E-state index in [4.69, 9.17) is 4.74 Å². The van der Waals surface area contributed by atoms with Gasteiger partial charge in [-0.3, -0.25) is 9.59 Å². The molecular weight excluding hydrogens is 425 g/mol. The van der Waals surface area contributed by atoms with Crippen LogP contribution in [0.3, 0.4) is 0 Å². The van der Waals surface area contributed by atoms with Gasteiger partial charge in [0.15, 0.2) is 6.61 Å². The van der Waals surface area contributed by atoms with E-state index in [9.17, 15) is 31.5 Å². The summed E-state index contributed by atoms with van der Waals surface area (Å²) in [5.41, 5.74) is -1.08. The number of anilines is 2. The number of hydrogen-bond donors (Lipinski definition) is 1. The second-order valence-corrected chi connectivity index (χ2v) is 6.94. The normalized spacial score (nSPS) is 14.9. The maximum absolute atomic E-state index is 13.5. The Balaban J connectivity index is 1.45. The number of hydrogen-bond acceptors (Lipinski definition) is 5. The van der Waals surface area contributed by atoms with Crippen LogP contribution in [0.2, 0.25) is 0 Å². The van der Waals surface area contributed by atoms with Crippen LogP contribution in [0.4, 0.5) is 33.5 Å². The third-order valence-corrected chi connectivity index (χ3v) is 4.78. The minimum atomic E-state index is -4.46. The molecule has 0 spiro atoms. The first-order valence-electron chi connectivity index (χ1n) is 9.33. The molecule has 6 nitrogen and oxygen atoms in total. The molecule has 166 valence electrons. The fraction of sp³-hybridized carbons (Fsp3) is 0.350. The molecule has 0 unspecified atom stereocenters. The Morgan fingerprint density at radius 1 is 1.13 bits per heavy atom. The maximum atomic E-state index is 13.5. The lowest BCUT2D eigenvalue weighted by molar-refractivity contribution is -0.152. The van der Waals surface area contributed by atoms with Gasteiger partial charge in [-0.25, -0.2) is 13.8 Å². The summed E-state index contributed by atoms with van der Waals surface area (Å²) in [6.07, 6.45) is -2.96. The van der Waals surface area contributed by atoms with Crippen LogP contribution in [0.15, 0.2) is 36.5 Å². The van der Waals surface area contributed by atoms with Crippen molar-refractivity contribution in [3.8, 4) is 0 Å². The first kappa shape index (κ1) is 22.4. The molecule has 1 fully saturated rings. The van der Waals surface area contributed by atoms with Crippen molar-refractivity contribution >= 4 is 23.4 Å². The molecule has 1 aliphatic heterocycles. The Hall–Kier alpha value is -3.24. The van der Waals surface area contributed by atoms with Crippen LogP contribution in [0, 0.1) is 17.6 Å². The average molecular weight is 443 g/mol. The van der Waals surface area contributed by atoms with Gasteiger partial charge in [-0.15, -0.1) is 0 Å². The number of alkyl halides is 3. The Labute approximate surface area is 174 Å². The smallest absolute Gasteiger partial charge is 0.417 e. The molecule has 1 aromatic heterocycles. The van der Waals surface area contributed by atoms with Crippen LogP contribution in [0.5, 0.6) is 0 Å². The van der Waals surface area contributed by atoms with E-state index in [1.807, 2.05) is 0 Å². The van der Waals surface area contributed by atoms with Crippen molar-refractivity contribution in [1.82, 2.24) is 4.98 Å². The highest BCUT2D eigenvalue weighted by Crippen LogP contribution is 2.30. The molecule has 1 N–H and O–H groups in total. The second kappa shape index (κ2) is 9.27. The van der Waals surface area contributed by atoms with Crippen molar-refractivity contribution in [2.75, 3.05) is 29.9 Å². The number of piperidine rings is 1. The van der Waals surface area contributed by atoms with Crippen LogP contribution < -0.4 is 10.2 Å². The largest absolute Gasteiger partial charge is 0.455 e. The van der Waals surface area contributed by atoms with Crippen molar-refractivity contribution in [2.24, 2.45) is 5.92 Å². The number of amides is 1. The summed E-state index contributed by atoms with van der Waals surface area (Å²) < 4.78 is 69.2. The molecule has 1 aliphatic rings. The van der Waals surface area contributed by atoms with Crippen LogP contribution in [-0.2, 0) is 20.5 Å². The van der Waals surface area contributed by atoms with E-state index in [0.717, 1.165) is 24.4 Å². The fourth-order valence-corrected chi connectivity index (χ4v) is 3.12. The lowest BCUT2D eigenvalue weighted by Crippen LogP contribution is -2.38. The molecule has 3 rings (SSSR count). The molecule has 11 heteroatoms. The van der Waals surface area contributed by atoms with Gasteiger partial charge < -0.3 is 15.0 Å². The van der Waals surface area contributed by atoms with Crippen LogP contribution in [-0.4, -0.2) is 36.6 Å². The summed E-state index contributed by atoms with van der Waals surface area (Å²) in [5.74, 6) is -3.23. The number of pyridine rings is 1. The predicted molar refractivity (Wildman–Crippen MR) is 100 cm³/mol. The Morgan fingerprint density at radius 2 is 1.84 bits per heavy atom. The van der Waals surface area contributed by atoms with E-state index >= 15 is 0 Å². The molecule has 1 saturated heterocycles. The Morgan fingerprint density at radius 3 is 2.42 bits per heavy atom. The van der Waals surface area contributed by atoms with Crippen LogP contribution >= 0.6 is 0 Å². The first-order valence-corrected chi connectivity index (χ1v) is 9.33. The second-order valence-electron chi connectivity index (χ2n) is 6.94. The molecule has 0 aliphatic carbocycles. The van der Waals surface area contributed by atoms with Gasteiger partial charge in [-0.2, -0.15) is 13.2 Å². The standard InChI is InChI=1S/C20H18F5N3O3/c21-14-2-3-16(15(22)9-14)27-18(29)11-31-19(30)12-5-7-28(8-6-12)17-4-1-13(10-26-17)20(23,24)25/h1-4,9-10,12H,5-8,11H2,(H,27,29). The van der Waals surface area contributed by atoms with Gasteiger partial charge in [-0.05, 0) is 37.1 Å². The van der Waals surface area contributed by atoms with Gasteiger partial charge >= 0.3 is 12.1 Å². The molecule has 2 aromatic rings. The first-order chi connectivity index (χ1) is 14.6. The number of esters is 1. The molecule has 0 bridgehead atoms. The molecule has 0 atom stereocenters. The van der Waals surface area contributed by atoms with E-state index in [1.165, 1.54) is 6.07 Å². The highest BCUT2D eigenvalue weighted by atomic mass is 19.4. The SMILES string of the molecule is O=C(COC(=O)C1CCN(c2ccc(C(F)(F)F)cn2)CC1)Nc1ccc(F)cc1F. The van der Waals surface area contributed by atoms with Crippen LogP contribution in [0.1, 0.15) is 18.4 Å². The molecule has 1 amide bonds. The van der Waals surface area contributed by atoms with E-state index in [1.54, 1.807) is 4.90 Å². The number of carbonyl (C=O) groups excluding carboxylic acids is 2. The molecule has 0 radical (unpaired) electrons. The average Bonchev–Trinajstić information content (AvgIpc) is 2.73. The van der Waals surface area contributed by atoms with Crippen molar-refractivity contribution in [3.05, 3.63) is 53.7 Å². The zero-order valence-corrected chi connectivity index (χ0v) is 16.1. The summed E-state index contributed by atoms with van der Waals surface area (Å²) in [6, 6.07) is 4.87. The van der Waals surface area contributed by atoms with Gasteiger partial charge in [0, 0.05) is 25.4 Å². The lowest BCUT2D eigenvalue weighted by atomic mass is 9.97. The number of carbonyl (C=O) groups is 2. The summed E-state index contributed by atoms with van der Waals surface area (Å²) in [6.45, 7) is 0.132. The highest BCUT2D eigenvalue weighted by molar-refractivity contribution is 5.93. The maximum Gasteiger partial charge on any atom is 0.417 e.